The number of carbonyl (C=O) groups is 3. The number of nitrogens with two attached hydrogens (primary N) is 1. The number of halogens is 2. The zero-order valence-corrected chi connectivity index (χ0v) is 20.4. The van der Waals surface area contributed by atoms with Crippen molar-refractivity contribution in [2.75, 3.05) is 11.4 Å². The topological polar surface area (TPSA) is 118 Å². The summed E-state index contributed by atoms with van der Waals surface area (Å²) in [6, 6.07) is 16.1. The largest absolute Gasteiger partial charge is 0.326 e. The maximum absolute atomic E-state index is 14.5. The molecule has 1 saturated heterocycles. The first-order valence-corrected chi connectivity index (χ1v) is 12.8. The van der Waals surface area contributed by atoms with E-state index in [0.717, 1.165) is 11.0 Å². The predicted octanol–water partition coefficient (Wildman–Crippen LogP) is 3.14. The molecule has 1 aliphatic rings. The van der Waals surface area contributed by atoms with Crippen molar-refractivity contribution in [2.24, 2.45) is 5.14 Å². The van der Waals surface area contributed by atoms with Gasteiger partial charge in [-0.1, -0.05) is 35.9 Å². The van der Waals surface area contributed by atoms with Crippen LogP contribution in [0.3, 0.4) is 0 Å². The molecule has 0 saturated carbocycles. The minimum atomic E-state index is -3.87. The van der Waals surface area contributed by atoms with Crippen LogP contribution in [0.1, 0.15) is 22.3 Å². The third-order valence-corrected chi connectivity index (χ3v) is 7.02. The Balaban J connectivity index is 1.63. The number of rotatable bonds is 7. The number of amides is 3. The second-order valence-corrected chi connectivity index (χ2v) is 10.2. The lowest BCUT2D eigenvalue weighted by Crippen LogP contribution is -2.46. The van der Waals surface area contributed by atoms with Crippen LogP contribution < -0.4 is 10.0 Å². The monoisotopic (exact) mass is 529 g/mol. The molecule has 1 fully saturated rings. The number of benzene rings is 3. The van der Waals surface area contributed by atoms with Crippen LogP contribution in [0.25, 0.3) is 0 Å². The van der Waals surface area contributed by atoms with Gasteiger partial charge in [0.15, 0.2) is 0 Å². The van der Waals surface area contributed by atoms with Gasteiger partial charge in [0.1, 0.15) is 11.9 Å². The number of nitrogens with zero attached hydrogens (tertiary/aromatic N) is 2. The minimum absolute atomic E-state index is 0.0277. The molecule has 0 bridgehead atoms. The molecular weight excluding hydrogens is 509 g/mol. The Morgan fingerprint density at radius 1 is 1.03 bits per heavy atom. The molecule has 3 aromatic rings. The summed E-state index contributed by atoms with van der Waals surface area (Å²) in [4.78, 5) is 41.6. The van der Waals surface area contributed by atoms with Gasteiger partial charge >= 0.3 is 0 Å². The molecule has 1 atom stereocenters. The molecule has 36 heavy (non-hydrogen) atoms. The lowest BCUT2D eigenvalue weighted by Gasteiger charge is -2.28. The summed E-state index contributed by atoms with van der Waals surface area (Å²) in [5.74, 6) is -2.61. The molecule has 186 valence electrons. The van der Waals surface area contributed by atoms with Gasteiger partial charge in [-0.2, -0.15) is 0 Å². The fourth-order valence-corrected chi connectivity index (χ4v) is 4.65. The Morgan fingerprint density at radius 3 is 2.28 bits per heavy atom. The van der Waals surface area contributed by atoms with Gasteiger partial charge in [0.25, 0.3) is 11.8 Å². The van der Waals surface area contributed by atoms with Crippen molar-refractivity contribution in [3.63, 3.8) is 0 Å². The highest BCUT2D eigenvalue weighted by molar-refractivity contribution is 7.89. The molecule has 1 unspecified atom stereocenters. The predicted molar refractivity (Wildman–Crippen MR) is 131 cm³/mol. The number of sulfonamides is 1. The number of carbonyl (C=O) groups excluding carboxylic acids is 3. The van der Waals surface area contributed by atoms with Crippen molar-refractivity contribution in [3.8, 4) is 0 Å². The van der Waals surface area contributed by atoms with Gasteiger partial charge in [-0.15, -0.1) is 0 Å². The Bertz CT molecular complexity index is 1430. The normalized spacial score (nSPS) is 15.9. The smallest absolute Gasteiger partial charge is 0.257 e. The Labute approximate surface area is 212 Å². The number of hydrogen-bond donors (Lipinski definition) is 1. The summed E-state index contributed by atoms with van der Waals surface area (Å²) in [5, 5.41) is 5.56. The number of anilines is 1. The van der Waals surface area contributed by atoms with E-state index >= 15 is 0 Å². The summed E-state index contributed by atoms with van der Waals surface area (Å²) in [5.41, 5.74) is 0.737. The average Bonchev–Trinajstić information content (AvgIpc) is 3.13. The molecule has 0 radical (unpaired) electrons. The van der Waals surface area contributed by atoms with Crippen LogP contribution in [0.15, 0.2) is 77.7 Å². The minimum Gasteiger partial charge on any atom is -0.326 e. The van der Waals surface area contributed by atoms with Gasteiger partial charge in [0, 0.05) is 11.6 Å². The van der Waals surface area contributed by atoms with Crippen LogP contribution in [0.2, 0.25) is 5.02 Å². The van der Waals surface area contributed by atoms with Crippen molar-refractivity contribution in [1.29, 1.82) is 0 Å². The highest BCUT2D eigenvalue weighted by Crippen LogP contribution is 2.28. The summed E-state index contributed by atoms with van der Waals surface area (Å²) < 4.78 is 37.5. The Morgan fingerprint density at radius 2 is 1.67 bits per heavy atom. The molecule has 1 heterocycles. The van der Waals surface area contributed by atoms with E-state index in [9.17, 15) is 27.2 Å². The Kier molecular flexibility index (Phi) is 7.21. The standard InChI is InChI=1S/C25H21ClFN3O5S/c26-17-7-9-18(10-8-17)30-23(31)15-22(25(30)33)29(24(32)20-3-1-2-4-21(20)27)14-13-16-5-11-19(12-6-16)36(28,34)35/h1-12,22H,13-15H2,(H2,28,34,35). The number of imide groups is 1. The van der Waals surface area contributed by atoms with E-state index < -0.39 is 39.6 Å². The van der Waals surface area contributed by atoms with E-state index in [1.54, 1.807) is 0 Å². The molecule has 2 N–H and O–H groups in total. The second kappa shape index (κ2) is 10.2. The van der Waals surface area contributed by atoms with Gasteiger partial charge < -0.3 is 4.90 Å². The molecule has 8 nitrogen and oxygen atoms in total. The van der Waals surface area contributed by atoms with Crippen molar-refractivity contribution >= 4 is 45.0 Å². The molecule has 0 aromatic heterocycles. The van der Waals surface area contributed by atoms with Crippen molar-refractivity contribution in [3.05, 3.63) is 94.8 Å². The molecular formula is C25H21ClFN3O5S. The first kappa shape index (κ1) is 25.5. The molecule has 1 aliphatic heterocycles. The zero-order valence-electron chi connectivity index (χ0n) is 18.8. The van der Waals surface area contributed by atoms with Crippen LogP contribution >= 0.6 is 11.6 Å². The fraction of sp³-hybridized carbons (Fsp3) is 0.160. The molecule has 11 heteroatoms. The van der Waals surface area contributed by atoms with Crippen LogP contribution in [0.5, 0.6) is 0 Å². The average molecular weight is 530 g/mol. The lowest BCUT2D eigenvalue weighted by molar-refractivity contribution is -0.122. The lowest BCUT2D eigenvalue weighted by atomic mass is 10.1. The van der Waals surface area contributed by atoms with Crippen LogP contribution in [0.4, 0.5) is 10.1 Å². The van der Waals surface area contributed by atoms with Crippen LogP contribution in [0, 0.1) is 5.82 Å². The third kappa shape index (κ3) is 5.30. The van der Waals surface area contributed by atoms with E-state index in [-0.39, 0.29) is 29.8 Å². The van der Waals surface area contributed by atoms with Gasteiger partial charge in [0.2, 0.25) is 15.9 Å². The molecule has 3 amide bonds. The highest BCUT2D eigenvalue weighted by atomic mass is 35.5. The van der Waals surface area contributed by atoms with Crippen molar-refractivity contribution in [2.45, 2.75) is 23.8 Å². The van der Waals surface area contributed by atoms with E-state index in [1.807, 2.05) is 0 Å². The van der Waals surface area contributed by atoms with Crippen molar-refractivity contribution < 1.29 is 27.2 Å². The van der Waals surface area contributed by atoms with Gasteiger partial charge in [-0.3, -0.25) is 14.4 Å². The summed E-state index contributed by atoms with van der Waals surface area (Å²) in [6.07, 6.45) is -0.0595. The Hall–Kier alpha value is -3.60. The van der Waals surface area contributed by atoms with E-state index in [2.05, 4.69) is 0 Å². The summed E-state index contributed by atoms with van der Waals surface area (Å²) in [7, 11) is -3.87. The van der Waals surface area contributed by atoms with E-state index in [1.165, 1.54) is 71.6 Å². The quantitative estimate of drug-likeness (QED) is 0.472. The third-order valence-electron chi connectivity index (χ3n) is 5.84. The highest BCUT2D eigenvalue weighted by Gasteiger charge is 2.44. The van der Waals surface area contributed by atoms with Crippen LogP contribution in [-0.2, 0) is 26.0 Å². The van der Waals surface area contributed by atoms with Crippen molar-refractivity contribution in [1.82, 2.24) is 4.90 Å². The SMILES string of the molecule is NS(=O)(=O)c1ccc(CCN(C(=O)c2ccccc2F)C2CC(=O)N(c3ccc(Cl)cc3)C2=O)cc1. The fourth-order valence-electron chi connectivity index (χ4n) is 4.00. The van der Waals surface area contributed by atoms with Gasteiger partial charge in [0.05, 0.1) is 22.6 Å². The molecule has 4 rings (SSSR count). The molecule has 0 aliphatic carbocycles. The molecule has 3 aromatic carbocycles. The first-order valence-electron chi connectivity index (χ1n) is 10.9. The maximum atomic E-state index is 14.5. The summed E-state index contributed by atoms with van der Waals surface area (Å²) in [6.45, 7) is -0.0277. The van der Waals surface area contributed by atoms with Gasteiger partial charge in [-0.25, -0.2) is 22.8 Å². The number of primary sulfonamides is 1. The zero-order chi connectivity index (χ0) is 26.0. The maximum Gasteiger partial charge on any atom is 0.257 e. The van der Waals surface area contributed by atoms with E-state index in [0.29, 0.717) is 16.3 Å². The van der Waals surface area contributed by atoms with E-state index in [4.69, 9.17) is 16.7 Å². The molecule has 0 spiro atoms. The van der Waals surface area contributed by atoms with Gasteiger partial charge in [-0.05, 0) is 60.5 Å². The van der Waals surface area contributed by atoms with Crippen LogP contribution in [-0.4, -0.2) is 43.6 Å². The number of hydrogen-bond acceptors (Lipinski definition) is 5. The summed E-state index contributed by atoms with van der Waals surface area (Å²) >= 11 is 5.91. The first-order chi connectivity index (χ1) is 17.1. The second-order valence-electron chi connectivity index (χ2n) is 8.18.